The summed E-state index contributed by atoms with van der Waals surface area (Å²) in [7, 11) is 0. The number of fused-ring (bicyclic) bond motifs is 1. The molecule has 0 unspecified atom stereocenters. The monoisotopic (exact) mass is 323 g/mol. The Bertz CT molecular complexity index is 754. The van der Waals surface area contributed by atoms with Crippen LogP contribution in [0.4, 0.5) is 5.69 Å². The summed E-state index contributed by atoms with van der Waals surface area (Å²) >= 11 is 0. The summed E-state index contributed by atoms with van der Waals surface area (Å²) in [6.07, 6.45) is 1.75. The topological polar surface area (TPSA) is 58.6 Å². The van der Waals surface area contributed by atoms with E-state index < -0.39 is 5.97 Å². The van der Waals surface area contributed by atoms with Crippen molar-refractivity contribution in [1.82, 2.24) is 0 Å². The number of nitrogens with one attached hydrogen (secondary N) is 1. The average molecular weight is 323 g/mol. The van der Waals surface area contributed by atoms with Crippen LogP contribution in [-0.4, -0.2) is 17.7 Å². The van der Waals surface area contributed by atoms with Gasteiger partial charge in [0.2, 0.25) is 0 Å². The van der Waals surface area contributed by atoms with E-state index in [0.717, 1.165) is 43.9 Å². The average Bonchev–Trinajstić information content (AvgIpc) is 3.41. The van der Waals surface area contributed by atoms with Gasteiger partial charge in [-0.1, -0.05) is 30.3 Å². The molecule has 4 nitrogen and oxygen atoms in total. The molecule has 4 heteroatoms. The molecule has 24 heavy (non-hydrogen) atoms. The van der Waals surface area contributed by atoms with Crippen molar-refractivity contribution < 1.29 is 14.6 Å². The van der Waals surface area contributed by atoms with E-state index in [2.05, 4.69) is 23.5 Å². The third-order valence-electron chi connectivity index (χ3n) is 4.99. The summed E-state index contributed by atoms with van der Waals surface area (Å²) in [4.78, 5) is 11.0. The maximum Gasteiger partial charge on any atom is 0.307 e. The van der Waals surface area contributed by atoms with E-state index in [-0.39, 0.29) is 11.8 Å². The van der Waals surface area contributed by atoms with Gasteiger partial charge >= 0.3 is 5.97 Å². The molecule has 1 aliphatic carbocycles. The van der Waals surface area contributed by atoms with Crippen molar-refractivity contribution in [3.63, 3.8) is 0 Å². The molecule has 0 amide bonds. The number of aliphatic carboxylic acids is 1. The fraction of sp³-hybridized carbons (Fsp3) is 0.350. The summed E-state index contributed by atoms with van der Waals surface area (Å²) in [6, 6.07) is 14.7. The van der Waals surface area contributed by atoms with Crippen LogP contribution in [-0.2, 0) is 29.1 Å². The number of ether oxygens (including phenoxy) is 1. The van der Waals surface area contributed by atoms with Crippen molar-refractivity contribution in [2.45, 2.75) is 31.9 Å². The summed E-state index contributed by atoms with van der Waals surface area (Å²) in [5.41, 5.74) is 6.15. The van der Waals surface area contributed by atoms with Crippen molar-refractivity contribution in [2.75, 3.05) is 11.9 Å². The second kappa shape index (κ2) is 6.29. The Kier molecular flexibility index (Phi) is 3.98. The Morgan fingerprint density at radius 2 is 2.00 bits per heavy atom. The number of carboxylic acids is 1. The Balaban J connectivity index is 1.37. The zero-order chi connectivity index (χ0) is 16.5. The Hall–Kier alpha value is -2.33. The zero-order valence-electron chi connectivity index (χ0n) is 13.5. The van der Waals surface area contributed by atoms with Crippen LogP contribution in [0.3, 0.4) is 0 Å². The molecule has 2 aliphatic rings. The number of hydrogen-bond donors (Lipinski definition) is 2. The van der Waals surface area contributed by atoms with Crippen molar-refractivity contribution in [3.05, 3.63) is 64.7 Å². The number of carbonyl (C=O) groups is 1. The smallest absolute Gasteiger partial charge is 0.307 e. The van der Waals surface area contributed by atoms with E-state index in [4.69, 9.17) is 9.84 Å². The van der Waals surface area contributed by atoms with E-state index in [9.17, 15) is 4.79 Å². The first kappa shape index (κ1) is 15.2. The van der Waals surface area contributed by atoms with Gasteiger partial charge in [-0.25, -0.2) is 0 Å². The number of rotatable bonds is 5. The minimum Gasteiger partial charge on any atom is -0.481 e. The molecule has 0 radical (unpaired) electrons. The molecule has 1 aliphatic heterocycles. The fourth-order valence-corrected chi connectivity index (χ4v) is 3.42. The molecule has 1 heterocycles. The third-order valence-corrected chi connectivity index (χ3v) is 4.99. The Labute approximate surface area is 141 Å². The van der Waals surface area contributed by atoms with Gasteiger partial charge in [0.15, 0.2) is 0 Å². The molecule has 2 aromatic rings. The van der Waals surface area contributed by atoms with Crippen LogP contribution in [0.15, 0.2) is 42.5 Å². The van der Waals surface area contributed by atoms with E-state index in [1.165, 1.54) is 16.7 Å². The van der Waals surface area contributed by atoms with Crippen LogP contribution >= 0.6 is 0 Å². The molecule has 1 fully saturated rings. The molecule has 2 atom stereocenters. The van der Waals surface area contributed by atoms with Crippen LogP contribution in [0.5, 0.6) is 0 Å². The molecular weight excluding hydrogens is 302 g/mol. The van der Waals surface area contributed by atoms with Gasteiger partial charge < -0.3 is 15.2 Å². The fourth-order valence-electron chi connectivity index (χ4n) is 3.42. The lowest BCUT2D eigenvalue weighted by Crippen LogP contribution is -2.10. The largest absolute Gasteiger partial charge is 0.481 e. The first-order valence-corrected chi connectivity index (χ1v) is 8.46. The molecule has 4 rings (SSSR count). The second-order valence-corrected chi connectivity index (χ2v) is 6.67. The predicted octanol–water partition coefficient (Wildman–Crippen LogP) is 3.56. The van der Waals surface area contributed by atoms with Crippen LogP contribution in [0.25, 0.3) is 0 Å². The molecule has 2 N–H and O–H groups in total. The van der Waals surface area contributed by atoms with Crippen molar-refractivity contribution in [3.8, 4) is 0 Å². The maximum atomic E-state index is 11.0. The van der Waals surface area contributed by atoms with Crippen LogP contribution < -0.4 is 5.32 Å². The zero-order valence-corrected chi connectivity index (χ0v) is 13.5. The lowest BCUT2D eigenvalue weighted by Gasteiger charge is -2.17. The number of anilines is 1. The van der Waals surface area contributed by atoms with E-state index in [1.54, 1.807) is 0 Å². The summed E-state index contributed by atoms with van der Waals surface area (Å²) in [5, 5.41) is 12.5. The SMILES string of the molecule is O=C(O)[C@@H]1C[C@H]1c1ccc(NCc2ccc3c(c2)CCOC3)cc1. The van der Waals surface area contributed by atoms with Gasteiger partial charge in [0, 0.05) is 12.2 Å². The number of benzene rings is 2. The summed E-state index contributed by atoms with van der Waals surface area (Å²) in [6.45, 7) is 2.32. The molecule has 0 aromatic heterocycles. The van der Waals surface area contributed by atoms with Gasteiger partial charge in [-0.2, -0.15) is 0 Å². The third kappa shape index (κ3) is 3.15. The van der Waals surface area contributed by atoms with Crippen molar-refractivity contribution >= 4 is 11.7 Å². The van der Waals surface area contributed by atoms with Gasteiger partial charge in [-0.05, 0) is 53.1 Å². The highest BCUT2D eigenvalue weighted by molar-refractivity contribution is 5.75. The molecule has 2 aromatic carbocycles. The van der Waals surface area contributed by atoms with Gasteiger partial charge in [0.05, 0.1) is 19.1 Å². The van der Waals surface area contributed by atoms with Gasteiger partial charge in [0.25, 0.3) is 0 Å². The van der Waals surface area contributed by atoms with E-state index >= 15 is 0 Å². The molecule has 0 bridgehead atoms. The lowest BCUT2D eigenvalue weighted by molar-refractivity contribution is -0.138. The Morgan fingerprint density at radius 3 is 2.75 bits per heavy atom. The first-order chi connectivity index (χ1) is 11.7. The van der Waals surface area contributed by atoms with Gasteiger partial charge in [-0.3, -0.25) is 4.79 Å². The van der Waals surface area contributed by atoms with E-state index in [1.807, 2.05) is 24.3 Å². The summed E-state index contributed by atoms with van der Waals surface area (Å²) in [5.74, 6) is -0.678. The molecular formula is C20H21NO3. The standard InChI is InChI=1S/C20H21NO3/c22-20(23)19-10-18(19)14-3-5-17(6-4-14)21-11-13-1-2-16-12-24-8-7-15(16)9-13/h1-6,9,18-19,21H,7-8,10-12H2,(H,22,23)/t18-,19+/m0/s1. The highest BCUT2D eigenvalue weighted by Crippen LogP contribution is 2.47. The lowest BCUT2D eigenvalue weighted by atomic mass is 10.0. The number of hydrogen-bond acceptors (Lipinski definition) is 3. The van der Waals surface area contributed by atoms with Gasteiger partial charge in [0.1, 0.15) is 0 Å². The predicted molar refractivity (Wildman–Crippen MR) is 92.1 cm³/mol. The van der Waals surface area contributed by atoms with Crippen molar-refractivity contribution in [2.24, 2.45) is 5.92 Å². The minimum absolute atomic E-state index is 0.191. The highest BCUT2D eigenvalue weighted by Gasteiger charge is 2.43. The Morgan fingerprint density at radius 1 is 1.17 bits per heavy atom. The highest BCUT2D eigenvalue weighted by atomic mass is 16.5. The number of carboxylic acid groups (broad SMARTS) is 1. The molecule has 0 spiro atoms. The van der Waals surface area contributed by atoms with Crippen LogP contribution in [0.2, 0.25) is 0 Å². The second-order valence-electron chi connectivity index (χ2n) is 6.67. The molecule has 124 valence electrons. The van der Waals surface area contributed by atoms with Crippen LogP contribution in [0.1, 0.15) is 34.6 Å². The van der Waals surface area contributed by atoms with Crippen LogP contribution in [0, 0.1) is 5.92 Å². The van der Waals surface area contributed by atoms with E-state index in [0.29, 0.717) is 0 Å². The summed E-state index contributed by atoms with van der Waals surface area (Å²) < 4.78 is 5.47. The maximum absolute atomic E-state index is 11.0. The molecule has 0 saturated heterocycles. The molecule has 1 saturated carbocycles. The normalized spacial score (nSPS) is 21.8. The van der Waals surface area contributed by atoms with Crippen molar-refractivity contribution in [1.29, 1.82) is 0 Å². The quantitative estimate of drug-likeness (QED) is 0.883. The minimum atomic E-state index is -0.681. The first-order valence-electron chi connectivity index (χ1n) is 8.46. The van der Waals surface area contributed by atoms with Gasteiger partial charge in [-0.15, -0.1) is 0 Å².